The number of allylic oxidation sites excluding steroid dienone is 2. The van der Waals surface area contributed by atoms with Gasteiger partial charge < -0.3 is 10.1 Å². The molecule has 1 N–H and O–H groups in total. The van der Waals surface area contributed by atoms with Crippen molar-refractivity contribution in [1.82, 2.24) is 9.29 Å². The van der Waals surface area contributed by atoms with E-state index in [1.165, 1.54) is 3.97 Å². The fraction of sp³-hybridized carbons (Fsp3) is 0.208. The molecule has 3 aromatic rings. The van der Waals surface area contributed by atoms with Crippen LogP contribution in [0, 0.1) is 0 Å². The predicted octanol–water partition coefficient (Wildman–Crippen LogP) is 4.76. The second-order valence-electron chi connectivity index (χ2n) is 7.04. The van der Waals surface area contributed by atoms with Crippen molar-refractivity contribution in [3.63, 3.8) is 0 Å². The lowest BCUT2D eigenvalue weighted by molar-refractivity contribution is 0.152. The first-order valence-electron chi connectivity index (χ1n) is 10.0. The highest BCUT2D eigenvalue weighted by atomic mass is 32.2. The zero-order valence-corrected chi connectivity index (χ0v) is 18.5. The number of nitrogens with one attached hydrogen (secondary N) is 1. The zero-order chi connectivity index (χ0) is 22.4. The molecule has 2 aromatic carbocycles. The Hall–Kier alpha value is -3.32. The third-order valence-electron chi connectivity index (χ3n) is 4.70. The van der Waals surface area contributed by atoms with Gasteiger partial charge in [0, 0.05) is 11.9 Å². The molecule has 6 nitrogen and oxygen atoms in total. The van der Waals surface area contributed by atoms with E-state index in [1.54, 1.807) is 55.5 Å². The molecule has 1 amide bonds. The van der Waals surface area contributed by atoms with Crippen molar-refractivity contribution in [3.8, 4) is 0 Å². The number of carbonyl (C=O) groups excluding carboxylic acids is 1. The maximum atomic E-state index is 13.6. The second-order valence-corrected chi connectivity index (χ2v) is 8.83. The van der Waals surface area contributed by atoms with Crippen LogP contribution in [0.25, 0.3) is 17.0 Å². The minimum absolute atomic E-state index is 0.205. The number of carbonyl (C=O) groups is 1. The third-order valence-corrected chi connectivity index (χ3v) is 6.44. The van der Waals surface area contributed by atoms with Gasteiger partial charge in [-0.25, -0.2) is 17.2 Å². The average Bonchev–Trinajstić information content (AvgIpc) is 3.07. The molecule has 0 unspecified atom stereocenters. The number of rotatable bonds is 8. The number of aromatic nitrogens is 1. The monoisotopic (exact) mass is 438 g/mol. The molecule has 0 aliphatic heterocycles. The van der Waals surface area contributed by atoms with Crippen molar-refractivity contribution in [2.75, 3.05) is 13.2 Å². The molecule has 0 saturated carbocycles. The summed E-state index contributed by atoms with van der Waals surface area (Å²) in [6.07, 6.45) is 3.49. The Morgan fingerprint density at radius 2 is 1.81 bits per heavy atom. The van der Waals surface area contributed by atoms with Gasteiger partial charge in [0.25, 0.3) is 10.0 Å². The first kappa shape index (κ1) is 22.4. The lowest BCUT2D eigenvalue weighted by Crippen LogP contribution is -2.26. The van der Waals surface area contributed by atoms with Crippen LogP contribution in [0.5, 0.6) is 0 Å². The van der Waals surface area contributed by atoms with Crippen LogP contribution in [0.15, 0.2) is 77.7 Å². The first-order valence-corrected chi connectivity index (χ1v) is 11.5. The van der Waals surface area contributed by atoms with E-state index < -0.39 is 16.1 Å². The van der Waals surface area contributed by atoms with Crippen molar-refractivity contribution in [2.24, 2.45) is 0 Å². The van der Waals surface area contributed by atoms with Crippen LogP contribution in [-0.4, -0.2) is 31.6 Å². The van der Waals surface area contributed by atoms with Gasteiger partial charge in [0.05, 0.1) is 22.7 Å². The van der Waals surface area contributed by atoms with Crippen LogP contribution >= 0.6 is 0 Å². The summed E-state index contributed by atoms with van der Waals surface area (Å²) in [5.74, 6) is 0. The van der Waals surface area contributed by atoms with Crippen molar-refractivity contribution < 1.29 is 17.9 Å². The van der Waals surface area contributed by atoms with Gasteiger partial charge in [-0.05, 0) is 50.1 Å². The maximum absolute atomic E-state index is 13.6. The Kier molecular flexibility index (Phi) is 6.97. The maximum Gasteiger partial charge on any atom is 0.407 e. The summed E-state index contributed by atoms with van der Waals surface area (Å²) in [4.78, 5) is 11.9. The number of benzene rings is 2. The Morgan fingerprint density at radius 1 is 1.13 bits per heavy atom. The summed E-state index contributed by atoms with van der Waals surface area (Å²) in [5, 5.41) is 3.52. The average molecular weight is 439 g/mol. The molecule has 162 valence electrons. The number of amides is 1. The molecule has 0 aliphatic rings. The summed E-state index contributed by atoms with van der Waals surface area (Å²) in [6.45, 7) is 8.07. The smallest absolute Gasteiger partial charge is 0.407 e. The van der Waals surface area contributed by atoms with E-state index in [9.17, 15) is 13.2 Å². The number of nitrogens with zero attached hydrogens (tertiary/aromatic N) is 1. The van der Waals surface area contributed by atoms with Crippen molar-refractivity contribution in [1.29, 1.82) is 0 Å². The Balaban J connectivity index is 2.18. The summed E-state index contributed by atoms with van der Waals surface area (Å²) in [6, 6.07) is 15.7. The van der Waals surface area contributed by atoms with Crippen LogP contribution in [0.4, 0.5) is 4.79 Å². The van der Waals surface area contributed by atoms with E-state index in [-0.39, 0.29) is 11.5 Å². The molecule has 0 aliphatic carbocycles. The highest BCUT2D eigenvalue weighted by Gasteiger charge is 2.25. The minimum atomic E-state index is -3.85. The highest BCUT2D eigenvalue weighted by molar-refractivity contribution is 7.90. The van der Waals surface area contributed by atoms with E-state index in [2.05, 4.69) is 11.9 Å². The summed E-state index contributed by atoms with van der Waals surface area (Å²) in [7, 11) is -3.85. The number of ether oxygens (including phenoxy) is 1. The lowest BCUT2D eigenvalue weighted by Gasteiger charge is -2.11. The zero-order valence-electron chi connectivity index (χ0n) is 17.7. The van der Waals surface area contributed by atoms with Crippen LogP contribution in [0.1, 0.15) is 25.1 Å². The number of hydrogen-bond acceptors (Lipinski definition) is 4. The van der Waals surface area contributed by atoms with Crippen molar-refractivity contribution in [2.45, 2.75) is 25.2 Å². The number of alkyl carbamates (subject to hydrolysis) is 1. The SMILES string of the molecule is C=C(C)/C=C/c1c(CCNC(=O)OCC)c2ccccc2n1S(=O)(=O)c1ccccc1. The molecule has 0 radical (unpaired) electrons. The van der Waals surface area contributed by atoms with Crippen LogP contribution in [0.2, 0.25) is 0 Å². The fourth-order valence-electron chi connectivity index (χ4n) is 3.38. The van der Waals surface area contributed by atoms with Gasteiger partial charge in [-0.3, -0.25) is 0 Å². The second kappa shape index (κ2) is 9.66. The minimum Gasteiger partial charge on any atom is -0.450 e. The van der Waals surface area contributed by atoms with Gasteiger partial charge >= 0.3 is 6.09 Å². The van der Waals surface area contributed by atoms with Gasteiger partial charge in [-0.2, -0.15) is 0 Å². The fourth-order valence-corrected chi connectivity index (χ4v) is 4.94. The Bertz CT molecular complexity index is 1230. The van der Waals surface area contributed by atoms with Crippen molar-refractivity contribution in [3.05, 3.63) is 84.1 Å². The van der Waals surface area contributed by atoms with E-state index in [0.29, 0.717) is 24.2 Å². The van der Waals surface area contributed by atoms with Crippen LogP contribution in [0.3, 0.4) is 0 Å². The van der Waals surface area contributed by atoms with E-state index in [0.717, 1.165) is 16.5 Å². The van der Waals surface area contributed by atoms with Gasteiger partial charge in [0.2, 0.25) is 0 Å². The standard InChI is InChI=1S/C24H26N2O4S/c1-4-30-24(27)25-17-16-21-20-12-8-9-13-22(20)26(23(21)15-14-18(2)3)31(28,29)19-10-6-5-7-11-19/h5-15H,2,4,16-17H2,1,3H3,(H,25,27)/b15-14+. The summed E-state index contributed by atoms with van der Waals surface area (Å²) < 4.78 is 33.5. The Morgan fingerprint density at radius 3 is 2.48 bits per heavy atom. The third kappa shape index (κ3) is 4.88. The molecule has 1 heterocycles. The Labute approximate surface area is 182 Å². The normalized spacial score (nSPS) is 11.7. The predicted molar refractivity (Wildman–Crippen MR) is 124 cm³/mol. The quantitative estimate of drug-likeness (QED) is 0.515. The number of para-hydroxylation sites is 1. The van der Waals surface area contributed by atoms with Crippen LogP contribution in [-0.2, 0) is 21.2 Å². The number of hydrogen-bond donors (Lipinski definition) is 1. The van der Waals surface area contributed by atoms with Crippen molar-refractivity contribution >= 4 is 33.1 Å². The van der Waals surface area contributed by atoms with E-state index in [4.69, 9.17) is 4.74 Å². The summed E-state index contributed by atoms with van der Waals surface area (Å²) in [5.41, 5.74) is 2.74. The number of fused-ring (bicyclic) bond motifs is 1. The molecule has 7 heteroatoms. The molecule has 0 spiro atoms. The highest BCUT2D eigenvalue weighted by Crippen LogP contribution is 2.32. The van der Waals surface area contributed by atoms with Gasteiger partial charge in [0.1, 0.15) is 0 Å². The van der Waals surface area contributed by atoms with E-state index >= 15 is 0 Å². The molecule has 0 fully saturated rings. The molecule has 1 aromatic heterocycles. The topological polar surface area (TPSA) is 77.4 Å². The van der Waals surface area contributed by atoms with Gasteiger partial charge in [-0.15, -0.1) is 0 Å². The molecular weight excluding hydrogens is 412 g/mol. The largest absolute Gasteiger partial charge is 0.450 e. The first-order chi connectivity index (χ1) is 14.9. The summed E-state index contributed by atoms with van der Waals surface area (Å²) >= 11 is 0. The molecule has 31 heavy (non-hydrogen) atoms. The van der Waals surface area contributed by atoms with Gasteiger partial charge in [-0.1, -0.05) is 54.6 Å². The van der Waals surface area contributed by atoms with E-state index in [1.807, 2.05) is 25.1 Å². The molecule has 0 atom stereocenters. The molecule has 0 saturated heterocycles. The van der Waals surface area contributed by atoms with Crippen LogP contribution < -0.4 is 5.32 Å². The van der Waals surface area contributed by atoms with Gasteiger partial charge in [0.15, 0.2) is 0 Å². The molecular formula is C24H26N2O4S. The molecule has 3 rings (SSSR count). The lowest BCUT2D eigenvalue weighted by atomic mass is 10.1. The molecule has 0 bridgehead atoms.